The maximum absolute atomic E-state index is 10.8. The number of hydrogen-bond acceptors (Lipinski definition) is 2. The Morgan fingerprint density at radius 1 is 1.50 bits per heavy atom. The summed E-state index contributed by atoms with van der Waals surface area (Å²) in [5.74, 6) is -1.04. The molecular formula is C7H14N2O3. The standard InChI is InChI=1S/C7H14N2O3/c1-3-4-8-7(12)9-5(2)6(10)11/h5H,3-4H2,1-2H3,(H,10,11)(H2,8,9,12). The first-order valence-corrected chi connectivity index (χ1v) is 3.85. The Kier molecular flexibility index (Phi) is 4.83. The Balaban J connectivity index is 3.61. The van der Waals surface area contributed by atoms with E-state index in [1.165, 1.54) is 6.92 Å². The van der Waals surface area contributed by atoms with Crippen LogP contribution in [0.4, 0.5) is 4.79 Å². The molecule has 0 aromatic rings. The third-order valence-electron chi connectivity index (χ3n) is 1.25. The Morgan fingerprint density at radius 2 is 2.08 bits per heavy atom. The van der Waals surface area contributed by atoms with Crippen molar-refractivity contribution in [2.24, 2.45) is 0 Å². The molecule has 0 saturated heterocycles. The van der Waals surface area contributed by atoms with E-state index in [1.807, 2.05) is 6.92 Å². The van der Waals surface area contributed by atoms with Crippen LogP contribution in [-0.4, -0.2) is 29.7 Å². The van der Waals surface area contributed by atoms with Gasteiger partial charge in [-0.3, -0.25) is 4.79 Å². The number of hydrogen-bond donors (Lipinski definition) is 3. The Morgan fingerprint density at radius 3 is 2.50 bits per heavy atom. The van der Waals surface area contributed by atoms with Crippen molar-refractivity contribution in [3.63, 3.8) is 0 Å². The zero-order valence-corrected chi connectivity index (χ0v) is 7.26. The molecule has 0 rings (SSSR count). The topological polar surface area (TPSA) is 78.4 Å². The van der Waals surface area contributed by atoms with Crippen LogP contribution < -0.4 is 10.6 Å². The van der Waals surface area contributed by atoms with Crippen molar-refractivity contribution < 1.29 is 14.7 Å². The number of carboxylic acid groups (broad SMARTS) is 1. The van der Waals surface area contributed by atoms with Gasteiger partial charge in [-0.25, -0.2) is 4.79 Å². The fraction of sp³-hybridized carbons (Fsp3) is 0.714. The predicted molar refractivity (Wildman–Crippen MR) is 43.9 cm³/mol. The van der Waals surface area contributed by atoms with Crippen molar-refractivity contribution in [1.82, 2.24) is 10.6 Å². The number of nitrogens with one attached hydrogen (secondary N) is 2. The van der Waals surface area contributed by atoms with E-state index in [0.717, 1.165) is 6.42 Å². The van der Waals surface area contributed by atoms with Crippen LogP contribution in [0.1, 0.15) is 20.3 Å². The smallest absolute Gasteiger partial charge is 0.325 e. The van der Waals surface area contributed by atoms with E-state index in [4.69, 9.17) is 5.11 Å². The van der Waals surface area contributed by atoms with Gasteiger partial charge in [-0.05, 0) is 13.3 Å². The van der Waals surface area contributed by atoms with Gasteiger partial charge in [0.15, 0.2) is 0 Å². The molecule has 0 fully saturated rings. The molecule has 0 aromatic heterocycles. The molecule has 5 nitrogen and oxygen atoms in total. The average Bonchev–Trinajstić information content (AvgIpc) is 2.00. The first-order chi connectivity index (χ1) is 5.57. The van der Waals surface area contributed by atoms with E-state index in [0.29, 0.717) is 6.54 Å². The van der Waals surface area contributed by atoms with Gasteiger partial charge in [-0.1, -0.05) is 6.92 Å². The van der Waals surface area contributed by atoms with Gasteiger partial charge < -0.3 is 15.7 Å². The molecule has 1 unspecified atom stereocenters. The molecule has 2 amide bonds. The molecule has 0 saturated carbocycles. The normalized spacial score (nSPS) is 11.8. The van der Waals surface area contributed by atoms with Gasteiger partial charge in [0.05, 0.1) is 0 Å². The number of carbonyl (C=O) groups is 2. The minimum Gasteiger partial charge on any atom is -0.480 e. The van der Waals surface area contributed by atoms with Crippen molar-refractivity contribution in [3.8, 4) is 0 Å². The molecular weight excluding hydrogens is 160 g/mol. The largest absolute Gasteiger partial charge is 0.480 e. The quantitative estimate of drug-likeness (QED) is 0.568. The van der Waals surface area contributed by atoms with Crippen LogP contribution in [0.25, 0.3) is 0 Å². The van der Waals surface area contributed by atoms with Gasteiger partial charge in [-0.15, -0.1) is 0 Å². The van der Waals surface area contributed by atoms with Gasteiger partial charge in [0.1, 0.15) is 6.04 Å². The number of amides is 2. The molecule has 0 aromatic carbocycles. The van der Waals surface area contributed by atoms with Crippen molar-refractivity contribution in [1.29, 1.82) is 0 Å². The maximum atomic E-state index is 10.8. The highest BCUT2D eigenvalue weighted by atomic mass is 16.4. The number of urea groups is 1. The fourth-order valence-corrected chi connectivity index (χ4v) is 0.548. The molecule has 70 valence electrons. The van der Waals surface area contributed by atoms with E-state index < -0.39 is 18.0 Å². The van der Waals surface area contributed by atoms with Crippen LogP contribution in [0.15, 0.2) is 0 Å². The molecule has 0 heterocycles. The first kappa shape index (κ1) is 10.7. The number of rotatable bonds is 4. The molecule has 0 aliphatic carbocycles. The Bertz CT molecular complexity index is 170. The van der Waals surface area contributed by atoms with E-state index in [2.05, 4.69) is 10.6 Å². The highest BCUT2D eigenvalue weighted by Gasteiger charge is 2.12. The molecule has 0 aliphatic rings. The number of carboxylic acids is 1. The second-order valence-electron chi connectivity index (χ2n) is 2.46. The first-order valence-electron chi connectivity index (χ1n) is 3.85. The van der Waals surface area contributed by atoms with E-state index >= 15 is 0 Å². The zero-order valence-electron chi connectivity index (χ0n) is 7.26. The second-order valence-corrected chi connectivity index (χ2v) is 2.46. The Hall–Kier alpha value is -1.26. The summed E-state index contributed by atoms with van der Waals surface area (Å²) in [5, 5.41) is 13.2. The van der Waals surface area contributed by atoms with Crippen molar-refractivity contribution in [3.05, 3.63) is 0 Å². The SMILES string of the molecule is CCCNC(=O)NC(C)C(=O)O. The molecule has 5 heteroatoms. The molecule has 0 radical (unpaired) electrons. The third-order valence-corrected chi connectivity index (χ3v) is 1.25. The predicted octanol–water partition coefficient (Wildman–Crippen LogP) is 0.169. The summed E-state index contributed by atoms with van der Waals surface area (Å²) in [6, 6.07) is -1.28. The molecule has 1 atom stereocenters. The summed E-state index contributed by atoms with van der Waals surface area (Å²) in [4.78, 5) is 21.1. The average molecular weight is 174 g/mol. The summed E-state index contributed by atoms with van der Waals surface area (Å²) in [6.07, 6.45) is 0.828. The van der Waals surface area contributed by atoms with Crippen LogP contribution in [0.5, 0.6) is 0 Å². The highest BCUT2D eigenvalue weighted by Crippen LogP contribution is 1.80. The number of carbonyl (C=O) groups excluding carboxylic acids is 1. The molecule has 0 aliphatic heterocycles. The lowest BCUT2D eigenvalue weighted by atomic mass is 10.3. The van der Waals surface area contributed by atoms with Crippen LogP contribution in [-0.2, 0) is 4.79 Å². The van der Waals surface area contributed by atoms with E-state index in [1.54, 1.807) is 0 Å². The Labute approximate surface area is 71.1 Å². The third kappa shape index (κ3) is 4.54. The van der Waals surface area contributed by atoms with E-state index in [-0.39, 0.29) is 0 Å². The van der Waals surface area contributed by atoms with Crippen molar-refractivity contribution >= 4 is 12.0 Å². The molecule has 0 bridgehead atoms. The van der Waals surface area contributed by atoms with Crippen LogP contribution in [0, 0.1) is 0 Å². The lowest BCUT2D eigenvalue weighted by Crippen LogP contribution is -2.44. The minimum absolute atomic E-state index is 0.438. The van der Waals surface area contributed by atoms with Crippen LogP contribution in [0.3, 0.4) is 0 Å². The van der Waals surface area contributed by atoms with Crippen LogP contribution in [0.2, 0.25) is 0 Å². The van der Waals surface area contributed by atoms with Gasteiger partial charge in [0.25, 0.3) is 0 Å². The number of aliphatic carboxylic acids is 1. The molecule has 0 spiro atoms. The maximum Gasteiger partial charge on any atom is 0.325 e. The summed E-state index contributed by atoms with van der Waals surface area (Å²) in [5.41, 5.74) is 0. The monoisotopic (exact) mass is 174 g/mol. The minimum atomic E-state index is -1.04. The zero-order chi connectivity index (χ0) is 9.56. The summed E-state index contributed by atoms with van der Waals surface area (Å²) in [7, 11) is 0. The molecule has 3 N–H and O–H groups in total. The van der Waals surface area contributed by atoms with Crippen LogP contribution >= 0.6 is 0 Å². The van der Waals surface area contributed by atoms with Crippen molar-refractivity contribution in [2.45, 2.75) is 26.3 Å². The van der Waals surface area contributed by atoms with Crippen molar-refractivity contribution in [2.75, 3.05) is 6.54 Å². The summed E-state index contributed by atoms with van der Waals surface area (Å²) in [6.45, 7) is 3.88. The van der Waals surface area contributed by atoms with Gasteiger partial charge in [-0.2, -0.15) is 0 Å². The lowest BCUT2D eigenvalue weighted by Gasteiger charge is -2.09. The van der Waals surface area contributed by atoms with Gasteiger partial charge in [0, 0.05) is 6.54 Å². The van der Waals surface area contributed by atoms with Gasteiger partial charge in [0.2, 0.25) is 0 Å². The fourth-order valence-electron chi connectivity index (χ4n) is 0.548. The summed E-state index contributed by atoms with van der Waals surface area (Å²) >= 11 is 0. The second kappa shape index (κ2) is 5.40. The molecule has 12 heavy (non-hydrogen) atoms. The van der Waals surface area contributed by atoms with Gasteiger partial charge >= 0.3 is 12.0 Å². The lowest BCUT2D eigenvalue weighted by molar-refractivity contribution is -0.138. The summed E-state index contributed by atoms with van der Waals surface area (Å²) < 4.78 is 0. The van der Waals surface area contributed by atoms with E-state index in [9.17, 15) is 9.59 Å². The highest BCUT2D eigenvalue weighted by molar-refractivity contribution is 5.82.